The zero-order valence-corrected chi connectivity index (χ0v) is 9.00. The highest BCUT2D eigenvalue weighted by Gasteiger charge is 2.44. The SMILES string of the molecule is O=C(O)CC1(CSCc2ncon2)CC1. The molecule has 82 valence electrons. The third kappa shape index (κ3) is 2.95. The molecule has 1 aromatic rings. The minimum absolute atomic E-state index is 0.0419. The Morgan fingerprint density at radius 2 is 2.47 bits per heavy atom. The number of aromatic nitrogens is 2. The molecule has 0 unspecified atom stereocenters. The molecule has 1 aromatic heterocycles. The third-order valence-corrected chi connectivity index (χ3v) is 3.81. The van der Waals surface area contributed by atoms with E-state index in [1.807, 2.05) is 0 Å². The molecule has 1 saturated carbocycles. The first-order chi connectivity index (χ1) is 7.20. The number of nitrogens with zero attached hydrogens (tertiary/aromatic N) is 2. The fraction of sp³-hybridized carbons (Fsp3) is 0.667. The van der Waals surface area contributed by atoms with Crippen molar-refractivity contribution >= 4 is 17.7 Å². The Kier molecular flexibility index (Phi) is 2.95. The van der Waals surface area contributed by atoms with Crippen molar-refractivity contribution in [3.8, 4) is 0 Å². The van der Waals surface area contributed by atoms with Crippen LogP contribution in [0.25, 0.3) is 0 Å². The van der Waals surface area contributed by atoms with Gasteiger partial charge in [-0.2, -0.15) is 16.7 Å². The highest BCUT2D eigenvalue weighted by molar-refractivity contribution is 7.98. The quantitative estimate of drug-likeness (QED) is 0.796. The Bertz CT molecular complexity index is 335. The van der Waals surface area contributed by atoms with Crippen LogP contribution in [0.15, 0.2) is 10.9 Å². The van der Waals surface area contributed by atoms with Gasteiger partial charge in [0.25, 0.3) is 0 Å². The molecule has 0 bridgehead atoms. The summed E-state index contributed by atoms with van der Waals surface area (Å²) in [5.74, 6) is 1.53. The molecular formula is C9H12N2O3S. The van der Waals surface area contributed by atoms with Crippen molar-refractivity contribution < 1.29 is 14.4 Å². The summed E-state index contributed by atoms with van der Waals surface area (Å²) in [4.78, 5) is 14.5. The number of aliphatic carboxylic acids is 1. The van der Waals surface area contributed by atoms with Gasteiger partial charge in [0.2, 0.25) is 6.39 Å². The molecule has 0 aromatic carbocycles. The van der Waals surface area contributed by atoms with Gasteiger partial charge in [-0.1, -0.05) is 5.16 Å². The average molecular weight is 228 g/mol. The molecule has 15 heavy (non-hydrogen) atoms. The first-order valence-corrected chi connectivity index (χ1v) is 5.90. The van der Waals surface area contributed by atoms with Crippen LogP contribution in [-0.4, -0.2) is 27.0 Å². The fourth-order valence-corrected chi connectivity index (χ4v) is 2.72. The minimum Gasteiger partial charge on any atom is -0.481 e. The van der Waals surface area contributed by atoms with E-state index in [2.05, 4.69) is 14.7 Å². The molecule has 0 aliphatic heterocycles. The van der Waals surface area contributed by atoms with Crippen molar-refractivity contribution in [1.82, 2.24) is 10.1 Å². The van der Waals surface area contributed by atoms with Gasteiger partial charge in [0.1, 0.15) is 0 Å². The lowest BCUT2D eigenvalue weighted by atomic mass is 10.1. The average Bonchev–Trinajstić information content (AvgIpc) is 2.74. The highest BCUT2D eigenvalue weighted by Crippen LogP contribution is 2.51. The molecule has 6 heteroatoms. The fourth-order valence-electron chi connectivity index (χ4n) is 1.48. The Morgan fingerprint density at radius 3 is 3.00 bits per heavy atom. The van der Waals surface area contributed by atoms with Crippen molar-refractivity contribution in [3.05, 3.63) is 12.2 Å². The molecule has 1 heterocycles. The maximum atomic E-state index is 10.6. The molecular weight excluding hydrogens is 216 g/mol. The third-order valence-electron chi connectivity index (χ3n) is 2.53. The van der Waals surface area contributed by atoms with Gasteiger partial charge in [-0.15, -0.1) is 0 Å². The highest BCUT2D eigenvalue weighted by atomic mass is 32.2. The van der Waals surface area contributed by atoms with Gasteiger partial charge < -0.3 is 9.63 Å². The first kappa shape index (κ1) is 10.5. The smallest absolute Gasteiger partial charge is 0.303 e. The van der Waals surface area contributed by atoms with E-state index in [4.69, 9.17) is 5.11 Å². The summed E-state index contributed by atoms with van der Waals surface area (Å²) in [6, 6.07) is 0. The van der Waals surface area contributed by atoms with Crippen molar-refractivity contribution in [2.75, 3.05) is 5.75 Å². The summed E-state index contributed by atoms with van der Waals surface area (Å²) in [7, 11) is 0. The Labute approximate surface area is 91.2 Å². The van der Waals surface area contributed by atoms with E-state index < -0.39 is 5.97 Å². The maximum Gasteiger partial charge on any atom is 0.303 e. The van der Waals surface area contributed by atoms with Gasteiger partial charge in [0, 0.05) is 0 Å². The van der Waals surface area contributed by atoms with Crippen LogP contribution in [0.4, 0.5) is 0 Å². The van der Waals surface area contributed by atoms with E-state index in [0.717, 1.165) is 18.6 Å². The van der Waals surface area contributed by atoms with Gasteiger partial charge in [0.15, 0.2) is 5.82 Å². The van der Waals surface area contributed by atoms with E-state index in [0.29, 0.717) is 11.6 Å². The van der Waals surface area contributed by atoms with Gasteiger partial charge in [-0.3, -0.25) is 4.79 Å². The standard InChI is InChI=1S/C9H12N2O3S/c12-8(13)3-9(1-2-9)5-15-4-7-10-6-14-11-7/h6H,1-5H2,(H,12,13). The van der Waals surface area contributed by atoms with Gasteiger partial charge in [0.05, 0.1) is 12.2 Å². The summed E-state index contributed by atoms with van der Waals surface area (Å²) < 4.78 is 4.61. The Hall–Kier alpha value is -1.04. The summed E-state index contributed by atoms with van der Waals surface area (Å²) in [5.41, 5.74) is 0.0419. The van der Waals surface area contributed by atoms with Crippen LogP contribution in [0.3, 0.4) is 0 Å². The van der Waals surface area contributed by atoms with E-state index in [1.54, 1.807) is 11.8 Å². The Morgan fingerprint density at radius 1 is 1.67 bits per heavy atom. The number of hydrogen-bond donors (Lipinski definition) is 1. The molecule has 0 spiro atoms. The van der Waals surface area contributed by atoms with E-state index in [-0.39, 0.29) is 11.8 Å². The van der Waals surface area contributed by atoms with Gasteiger partial charge in [-0.25, -0.2) is 0 Å². The molecule has 0 amide bonds. The first-order valence-electron chi connectivity index (χ1n) is 4.75. The summed E-state index contributed by atoms with van der Waals surface area (Å²) >= 11 is 1.67. The number of thioether (sulfide) groups is 1. The zero-order chi connectivity index (χ0) is 10.7. The van der Waals surface area contributed by atoms with Gasteiger partial charge in [-0.05, 0) is 24.0 Å². The number of carboxylic acid groups (broad SMARTS) is 1. The predicted octanol–water partition coefficient (Wildman–Crippen LogP) is 1.56. The molecule has 1 fully saturated rings. The van der Waals surface area contributed by atoms with E-state index in [9.17, 15) is 4.79 Å². The lowest BCUT2D eigenvalue weighted by molar-refractivity contribution is -0.138. The van der Waals surface area contributed by atoms with Crippen molar-refractivity contribution in [1.29, 1.82) is 0 Å². The monoisotopic (exact) mass is 228 g/mol. The summed E-state index contributed by atoms with van der Waals surface area (Å²) in [5, 5.41) is 12.4. The number of carbonyl (C=O) groups is 1. The second kappa shape index (κ2) is 4.22. The van der Waals surface area contributed by atoms with Crippen molar-refractivity contribution in [2.45, 2.75) is 25.0 Å². The van der Waals surface area contributed by atoms with Crippen LogP contribution in [0, 0.1) is 5.41 Å². The molecule has 0 atom stereocenters. The van der Waals surface area contributed by atoms with Crippen LogP contribution >= 0.6 is 11.8 Å². The number of hydrogen-bond acceptors (Lipinski definition) is 5. The molecule has 2 rings (SSSR count). The van der Waals surface area contributed by atoms with Gasteiger partial charge >= 0.3 is 5.97 Å². The molecule has 0 saturated heterocycles. The maximum absolute atomic E-state index is 10.6. The molecule has 5 nitrogen and oxygen atoms in total. The molecule has 1 N–H and O–H groups in total. The molecule has 0 radical (unpaired) electrons. The second-order valence-electron chi connectivity index (χ2n) is 3.91. The molecule has 1 aliphatic rings. The van der Waals surface area contributed by atoms with Crippen LogP contribution < -0.4 is 0 Å². The Balaban J connectivity index is 1.72. The van der Waals surface area contributed by atoms with E-state index in [1.165, 1.54) is 6.39 Å². The summed E-state index contributed by atoms with van der Waals surface area (Å²) in [6.07, 6.45) is 3.64. The van der Waals surface area contributed by atoms with Crippen molar-refractivity contribution in [3.63, 3.8) is 0 Å². The minimum atomic E-state index is -0.701. The lowest BCUT2D eigenvalue weighted by Gasteiger charge is -2.10. The van der Waals surface area contributed by atoms with Crippen LogP contribution in [0.1, 0.15) is 25.1 Å². The summed E-state index contributed by atoms with van der Waals surface area (Å²) in [6.45, 7) is 0. The van der Waals surface area contributed by atoms with Crippen molar-refractivity contribution in [2.24, 2.45) is 5.41 Å². The number of carboxylic acids is 1. The molecule has 1 aliphatic carbocycles. The zero-order valence-electron chi connectivity index (χ0n) is 8.18. The topological polar surface area (TPSA) is 76.2 Å². The normalized spacial score (nSPS) is 17.6. The van der Waals surface area contributed by atoms with Crippen LogP contribution in [-0.2, 0) is 10.5 Å². The second-order valence-corrected chi connectivity index (χ2v) is 4.90. The predicted molar refractivity (Wildman–Crippen MR) is 54.4 cm³/mol. The number of rotatable bonds is 6. The lowest BCUT2D eigenvalue weighted by Crippen LogP contribution is -2.11. The van der Waals surface area contributed by atoms with E-state index >= 15 is 0 Å². The van der Waals surface area contributed by atoms with Crippen LogP contribution in [0.2, 0.25) is 0 Å². The largest absolute Gasteiger partial charge is 0.481 e. The van der Waals surface area contributed by atoms with Crippen LogP contribution in [0.5, 0.6) is 0 Å².